The van der Waals surface area contributed by atoms with Gasteiger partial charge in [-0.1, -0.05) is 64.7 Å². The van der Waals surface area contributed by atoms with Gasteiger partial charge in [0.15, 0.2) is 0 Å². The molecule has 0 fully saturated rings. The van der Waals surface area contributed by atoms with Crippen LogP contribution in [0.4, 0.5) is 17.1 Å². The summed E-state index contributed by atoms with van der Waals surface area (Å²) in [6.07, 6.45) is 3.89. The highest BCUT2D eigenvalue weighted by Crippen LogP contribution is 2.21. The number of azo groups is 1. The molecule has 0 aliphatic rings. The number of hydrogen-bond donors (Lipinski definition) is 0. The molecule has 0 aliphatic heterocycles. The molecule has 0 radical (unpaired) electrons. The predicted molar refractivity (Wildman–Crippen MR) is 104 cm³/mol. The lowest BCUT2D eigenvalue weighted by Crippen LogP contribution is -1.68. The summed E-state index contributed by atoms with van der Waals surface area (Å²) in [5.74, 6) is 0. The fourth-order valence-electron chi connectivity index (χ4n) is 1.31. The van der Waals surface area contributed by atoms with Gasteiger partial charge in [-0.2, -0.15) is 10.2 Å². The van der Waals surface area contributed by atoms with Crippen LogP contribution >= 0.6 is 0 Å². The Morgan fingerprint density at radius 2 is 1.00 bits per heavy atom. The zero-order valence-electron chi connectivity index (χ0n) is 15.5. The average molecular weight is 327 g/mol. The van der Waals surface area contributed by atoms with Crippen molar-refractivity contribution >= 4 is 17.1 Å². The molecule has 2 aromatic carbocycles. The lowest BCUT2D eigenvalue weighted by atomic mass is 10.2. The minimum absolute atomic E-state index is 0.388. The molecule has 130 valence electrons. The van der Waals surface area contributed by atoms with Gasteiger partial charge in [0.1, 0.15) is 5.69 Å². The molecule has 4 nitrogen and oxygen atoms in total. The molecular weight excluding hydrogens is 298 g/mol. The van der Waals surface area contributed by atoms with Crippen molar-refractivity contribution in [2.24, 2.45) is 15.4 Å². The molecule has 0 unspecified atom stereocenters. The van der Waals surface area contributed by atoms with E-state index < -0.39 is 0 Å². The van der Waals surface area contributed by atoms with Crippen LogP contribution in [-0.2, 0) is 0 Å². The van der Waals surface area contributed by atoms with Crippen molar-refractivity contribution in [2.45, 2.75) is 53.9 Å². The number of aryl methyl sites for hydroxylation is 1. The third-order valence-corrected chi connectivity index (χ3v) is 2.77. The molecule has 2 aromatic rings. The molecule has 0 saturated heterocycles. The maximum atomic E-state index is 10.2. The first-order valence-corrected chi connectivity index (χ1v) is 8.52. The fraction of sp³-hybridized carbons (Fsp3) is 0.400. The number of nitroso groups, excluding NO2 is 1. The molecule has 0 heterocycles. The van der Waals surface area contributed by atoms with Gasteiger partial charge in [-0.15, -0.1) is 4.91 Å². The Balaban J connectivity index is 0.000000648. The van der Waals surface area contributed by atoms with E-state index in [-0.39, 0.29) is 0 Å². The van der Waals surface area contributed by atoms with Crippen LogP contribution in [0.2, 0.25) is 0 Å². The van der Waals surface area contributed by atoms with E-state index in [9.17, 15) is 4.91 Å². The third kappa shape index (κ3) is 10.4. The van der Waals surface area contributed by atoms with Crippen molar-refractivity contribution < 1.29 is 0 Å². The summed E-state index contributed by atoms with van der Waals surface area (Å²) in [6, 6.07) is 14.4. The largest absolute Gasteiger partial charge is 0.151 e. The second kappa shape index (κ2) is 14.2. The Morgan fingerprint density at radius 1 is 0.667 bits per heavy atom. The lowest BCUT2D eigenvalue weighted by molar-refractivity contribution is 0.886. The number of unbranched alkanes of at least 4 members (excludes halogenated alkanes) is 1. The smallest absolute Gasteiger partial charge is 0.108 e. The van der Waals surface area contributed by atoms with Gasteiger partial charge in [0.2, 0.25) is 0 Å². The summed E-state index contributed by atoms with van der Waals surface area (Å²) in [4.78, 5) is 10.2. The van der Waals surface area contributed by atoms with Crippen LogP contribution in [-0.4, -0.2) is 0 Å². The molecular formula is C20H29N3O. The van der Waals surface area contributed by atoms with Crippen LogP contribution in [0.25, 0.3) is 0 Å². The Hall–Kier alpha value is -2.36. The second-order valence-electron chi connectivity index (χ2n) is 5.35. The number of rotatable bonds is 4. The van der Waals surface area contributed by atoms with Crippen molar-refractivity contribution in [3.8, 4) is 0 Å². The van der Waals surface area contributed by atoms with Crippen molar-refractivity contribution in [3.05, 3.63) is 59.0 Å². The Kier molecular flexibility index (Phi) is 12.8. The first-order chi connectivity index (χ1) is 11.6. The topological polar surface area (TPSA) is 54.1 Å². The quantitative estimate of drug-likeness (QED) is 0.414. The van der Waals surface area contributed by atoms with E-state index in [2.05, 4.69) is 43.1 Å². The van der Waals surface area contributed by atoms with Crippen molar-refractivity contribution in [3.63, 3.8) is 0 Å². The molecule has 0 spiro atoms. The predicted octanol–water partition coefficient (Wildman–Crippen LogP) is 8.03. The van der Waals surface area contributed by atoms with Crippen LogP contribution in [0.5, 0.6) is 0 Å². The van der Waals surface area contributed by atoms with E-state index in [4.69, 9.17) is 0 Å². The van der Waals surface area contributed by atoms with Crippen LogP contribution in [0.15, 0.2) is 63.9 Å². The van der Waals surface area contributed by atoms with Gasteiger partial charge >= 0.3 is 0 Å². The van der Waals surface area contributed by atoms with Crippen LogP contribution in [0.3, 0.4) is 0 Å². The molecule has 0 aliphatic carbocycles. The maximum absolute atomic E-state index is 10.2. The van der Waals surface area contributed by atoms with Gasteiger partial charge < -0.3 is 0 Å². The van der Waals surface area contributed by atoms with Crippen molar-refractivity contribution in [1.29, 1.82) is 0 Å². The van der Waals surface area contributed by atoms with Gasteiger partial charge in [-0.25, -0.2) is 0 Å². The van der Waals surface area contributed by atoms with Crippen LogP contribution in [0, 0.1) is 11.8 Å². The van der Waals surface area contributed by atoms with Crippen molar-refractivity contribution in [2.75, 3.05) is 0 Å². The summed E-state index contributed by atoms with van der Waals surface area (Å²) in [5.41, 5.74) is 3.07. The molecule has 0 N–H and O–H groups in total. The number of hydrogen-bond acceptors (Lipinski definition) is 4. The molecule has 0 bridgehead atoms. The molecule has 0 amide bonds. The first-order valence-electron chi connectivity index (χ1n) is 8.52. The molecule has 0 aromatic heterocycles. The summed E-state index contributed by atoms with van der Waals surface area (Å²) < 4.78 is 0. The van der Waals surface area contributed by atoms with E-state index >= 15 is 0 Å². The Morgan fingerprint density at radius 3 is 1.33 bits per heavy atom. The van der Waals surface area contributed by atoms with E-state index in [0.717, 1.165) is 5.69 Å². The number of benzene rings is 2. The molecule has 4 heteroatoms. The standard InChI is InChI=1S/C13H11N3O.C4H10.C3H8/c1-10-2-4-11(5-3-10)14-15-12-6-8-13(16-17)9-7-12;1-3-4-2;1-3-2/h2-9H,1H3;3-4H2,1-2H3;3H2,1-2H3. The first kappa shape index (κ1) is 21.6. The van der Waals surface area contributed by atoms with Gasteiger partial charge in [0.05, 0.1) is 11.4 Å². The van der Waals surface area contributed by atoms with Gasteiger partial charge in [-0.05, 0) is 48.5 Å². The molecule has 24 heavy (non-hydrogen) atoms. The van der Waals surface area contributed by atoms with Gasteiger partial charge in [0.25, 0.3) is 0 Å². The normalized spacial score (nSPS) is 9.54. The maximum Gasteiger partial charge on any atom is 0.108 e. The highest BCUT2D eigenvalue weighted by molar-refractivity contribution is 5.47. The molecule has 0 atom stereocenters. The highest BCUT2D eigenvalue weighted by Gasteiger charge is 1.93. The van der Waals surface area contributed by atoms with E-state index in [0.29, 0.717) is 11.4 Å². The zero-order valence-corrected chi connectivity index (χ0v) is 15.5. The zero-order chi connectivity index (χ0) is 18.2. The highest BCUT2D eigenvalue weighted by atomic mass is 16.3. The summed E-state index contributed by atoms with van der Waals surface area (Å²) in [6.45, 7) is 10.6. The Labute approximate surface area is 146 Å². The minimum atomic E-state index is 0.388. The Bertz CT molecular complexity index is 573. The third-order valence-electron chi connectivity index (χ3n) is 2.77. The number of nitrogens with zero attached hydrogens (tertiary/aromatic N) is 3. The SMILES string of the molecule is CCC.CCCC.Cc1ccc(N=Nc2ccc(N=O)cc2)cc1. The summed E-state index contributed by atoms with van der Waals surface area (Å²) in [5, 5.41) is 11.0. The summed E-state index contributed by atoms with van der Waals surface area (Å²) in [7, 11) is 0. The van der Waals surface area contributed by atoms with Crippen molar-refractivity contribution in [1.82, 2.24) is 0 Å². The minimum Gasteiger partial charge on any atom is -0.151 e. The summed E-state index contributed by atoms with van der Waals surface area (Å²) >= 11 is 0. The van der Waals surface area contributed by atoms with E-state index in [1.807, 2.05) is 31.2 Å². The second-order valence-corrected chi connectivity index (χ2v) is 5.35. The monoisotopic (exact) mass is 327 g/mol. The fourth-order valence-corrected chi connectivity index (χ4v) is 1.31. The van der Waals surface area contributed by atoms with Gasteiger partial charge in [0, 0.05) is 0 Å². The van der Waals surface area contributed by atoms with E-state index in [1.165, 1.54) is 24.8 Å². The lowest BCUT2D eigenvalue weighted by Gasteiger charge is -1.94. The molecule has 0 saturated carbocycles. The van der Waals surface area contributed by atoms with E-state index in [1.54, 1.807) is 24.3 Å². The van der Waals surface area contributed by atoms with Crippen LogP contribution < -0.4 is 0 Å². The molecule has 2 rings (SSSR count). The average Bonchev–Trinajstić information content (AvgIpc) is 2.62. The van der Waals surface area contributed by atoms with Gasteiger partial charge in [-0.3, -0.25) is 0 Å². The van der Waals surface area contributed by atoms with Crippen LogP contribution in [0.1, 0.15) is 52.5 Å².